The van der Waals surface area contributed by atoms with Gasteiger partial charge in [-0.15, -0.1) is 0 Å². The van der Waals surface area contributed by atoms with Crippen LogP contribution in [0.25, 0.3) is 33.6 Å². The van der Waals surface area contributed by atoms with Crippen molar-refractivity contribution in [2.45, 2.75) is 70.5 Å². The fourth-order valence-corrected chi connectivity index (χ4v) is 6.24. The normalized spacial score (nSPS) is 19.0. The maximum Gasteiger partial charge on any atom is 0.254 e. The number of nitrogens with two attached hydrogens (primary N) is 1. The Morgan fingerprint density at radius 1 is 1.05 bits per heavy atom. The van der Waals surface area contributed by atoms with Crippen molar-refractivity contribution in [2.24, 2.45) is 12.8 Å². The van der Waals surface area contributed by atoms with E-state index in [2.05, 4.69) is 22.0 Å². The van der Waals surface area contributed by atoms with Crippen molar-refractivity contribution in [1.29, 1.82) is 0 Å². The molecule has 1 saturated heterocycles. The number of fused-ring (bicyclic) bond motifs is 2. The molecule has 10 heteroatoms. The number of nitrogens with one attached hydrogen (secondary N) is 1. The summed E-state index contributed by atoms with van der Waals surface area (Å²) < 4.78 is 10.1. The summed E-state index contributed by atoms with van der Waals surface area (Å²) in [5.41, 5.74) is 11.0. The number of hydrogen-bond acceptors (Lipinski definition) is 6. The van der Waals surface area contributed by atoms with Gasteiger partial charge in [-0.25, -0.2) is 9.97 Å². The van der Waals surface area contributed by atoms with Gasteiger partial charge in [0.2, 0.25) is 5.91 Å². The van der Waals surface area contributed by atoms with Gasteiger partial charge >= 0.3 is 0 Å². The van der Waals surface area contributed by atoms with Crippen LogP contribution in [0.2, 0.25) is 0 Å². The lowest BCUT2D eigenvalue weighted by atomic mass is 10.0. The lowest BCUT2D eigenvalue weighted by molar-refractivity contribution is -0.121. The van der Waals surface area contributed by atoms with Crippen LogP contribution >= 0.6 is 0 Å². The number of aromatic nitrogens is 4. The Morgan fingerprint density at radius 2 is 1.88 bits per heavy atom. The van der Waals surface area contributed by atoms with Gasteiger partial charge < -0.3 is 29.8 Å². The number of carbonyl (C=O) groups is 2. The molecule has 6 rings (SSSR count). The molecule has 0 spiro atoms. The van der Waals surface area contributed by atoms with Crippen LogP contribution in [-0.2, 0) is 24.9 Å². The number of ether oxygens (including phenoxy) is 1. The number of imidazole rings is 1. The van der Waals surface area contributed by atoms with Crippen LogP contribution in [0.1, 0.15) is 67.4 Å². The third kappa shape index (κ3) is 5.40. The minimum Gasteiger partial charge on any atom is -0.494 e. The second-order valence-corrected chi connectivity index (χ2v) is 11.4. The largest absolute Gasteiger partial charge is 0.494 e. The highest BCUT2D eigenvalue weighted by Gasteiger charge is 2.26. The number of rotatable bonds is 3. The van der Waals surface area contributed by atoms with Crippen LogP contribution in [0.15, 0.2) is 30.3 Å². The zero-order valence-electron chi connectivity index (χ0n) is 24.0. The minimum atomic E-state index is -0.0429. The van der Waals surface area contributed by atoms with E-state index in [1.807, 2.05) is 34.7 Å². The Balaban J connectivity index is 1.43. The Hall–Kier alpha value is -3.92. The molecule has 2 amide bonds. The Bertz CT molecular complexity index is 1600. The Morgan fingerprint density at radius 3 is 2.71 bits per heavy atom. The molecule has 0 unspecified atom stereocenters. The number of aryl methyl sites for hydroxylation is 2. The molecule has 1 fully saturated rings. The minimum absolute atomic E-state index is 0.00919. The smallest absolute Gasteiger partial charge is 0.254 e. The van der Waals surface area contributed by atoms with Crippen LogP contribution in [0.4, 0.5) is 0 Å². The molecule has 2 bridgehead atoms. The second kappa shape index (κ2) is 11.5. The van der Waals surface area contributed by atoms with E-state index in [0.717, 1.165) is 85.3 Å². The number of piperidine rings is 1. The van der Waals surface area contributed by atoms with Crippen molar-refractivity contribution >= 4 is 33.9 Å². The molecular formula is C31H39N7O3. The average molecular weight is 558 g/mol. The summed E-state index contributed by atoms with van der Waals surface area (Å²) in [6.07, 6.45) is 7.58. The van der Waals surface area contributed by atoms with Crippen LogP contribution in [0.3, 0.4) is 0 Å². The van der Waals surface area contributed by atoms with Crippen LogP contribution < -0.4 is 15.8 Å². The van der Waals surface area contributed by atoms with Gasteiger partial charge in [-0.05, 0) is 56.0 Å². The van der Waals surface area contributed by atoms with Gasteiger partial charge in [0.25, 0.3) is 5.91 Å². The van der Waals surface area contributed by atoms with Crippen molar-refractivity contribution in [3.05, 3.63) is 41.6 Å². The quantitative estimate of drug-likeness (QED) is 0.391. The number of methoxy groups -OCH3 is 1. The summed E-state index contributed by atoms with van der Waals surface area (Å²) in [5, 5.41) is 4.04. The average Bonchev–Trinajstić information content (AvgIpc) is 3.50. The predicted octanol–water partition coefficient (Wildman–Crippen LogP) is 4.13. The van der Waals surface area contributed by atoms with E-state index in [4.69, 9.17) is 20.4 Å². The molecule has 2 aliphatic rings. The van der Waals surface area contributed by atoms with Gasteiger partial charge in [0.05, 0.1) is 30.6 Å². The third-order valence-corrected chi connectivity index (χ3v) is 8.43. The Labute approximate surface area is 239 Å². The van der Waals surface area contributed by atoms with Crippen molar-refractivity contribution in [3.63, 3.8) is 0 Å². The highest BCUT2D eigenvalue weighted by molar-refractivity contribution is 6.00. The van der Waals surface area contributed by atoms with Crippen LogP contribution in [0, 0.1) is 0 Å². The molecule has 216 valence electrons. The first-order valence-electron chi connectivity index (χ1n) is 14.8. The van der Waals surface area contributed by atoms with E-state index in [-0.39, 0.29) is 17.9 Å². The first-order chi connectivity index (χ1) is 19.9. The molecule has 5 heterocycles. The van der Waals surface area contributed by atoms with Crippen molar-refractivity contribution < 1.29 is 14.3 Å². The SMILES string of the molecule is COc1cc(C(=O)N2CCC[C@@H](N)C2)cc2nc(-c3cc4ccc5nc4n3CCCCCCCC(=O)NC5)n(C)c12. The number of likely N-dealkylation sites (tertiary alicyclic amines) is 1. The number of amides is 2. The molecule has 1 atom stereocenters. The standard InChI is InChI=1S/C31H39N7O3/c1-36-28-24(15-21(17-26(28)41-2)31(40)37-13-8-9-22(32)19-37)35-30(36)25-16-20-11-12-23-18-33-27(39)10-6-4-3-5-7-14-38(25)29(20)34-23/h11-12,15-17,22H,3-10,13-14,18-19,32H2,1-2H3,(H,33,39)/t22-/m1/s1. The lowest BCUT2D eigenvalue weighted by Crippen LogP contribution is -2.45. The van der Waals surface area contributed by atoms with Gasteiger partial charge in [-0.2, -0.15) is 0 Å². The van der Waals surface area contributed by atoms with Crippen LogP contribution in [-0.4, -0.2) is 62.1 Å². The van der Waals surface area contributed by atoms with Gasteiger partial charge in [-0.3, -0.25) is 9.59 Å². The zero-order chi connectivity index (χ0) is 28.5. The lowest BCUT2D eigenvalue weighted by Gasteiger charge is -2.30. The van der Waals surface area contributed by atoms with Gasteiger partial charge in [0, 0.05) is 50.1 Å². The summed E-state index contributed by atoms with van der Waals surface area (Å²) >= 11 is 0. The topological polar surface area (TPSA) is 120 Å². The number of pyridine rings is 1. The first kappa shape index (κ1) is 27.3. The summed E-state index contributed by atoms with van der Waals surface area (Å²) in [6.45, 7) is 2.50. The predicted molar refractivity (Wildman–Crippen MR) is 159 cm³/mol. The number of nitrogens with zero attached hydrogens (tertiary/aromatic N) is 5. The molecule has 1 aromatic carbocycles. The van der Waals surface area contributed by atoms with E-state index >= 15 is 0 Å². The second-order valence-electron chi connectivity index (χ2n) is 11.4. The molecule has 0 radical (unpaired) electrons. The van der Waals surface area contributed by atoms with Crippen molar-refractivity contribution in [3.8, 4) is 17.3 Å². The van der Waals surface area contributed by atoms with E-state index in [1.54, 1.807) is 7.11 Å². The van der Waals surface area contributed by atoms with E-state index in [9.17, 15) is 9.59 Å². The van der Waals surface area contributed by atoms with Gasteiger partial charge in [-0.1, -0.05) is 19.3 Å². The first-order valence-corrected chi connectivity index (χ1v) is 14.8. The van der Waals surface area contributed by atoms with E-state index < -0.39 is 0 Å². The van der Waals surface area contributed by atoms with Gasteiger partial charge in [0.1, 0.15) is 16.9 Å². The summed E-state index contributed by atoms with van der Waals surface area (Å²) in [6, 6.07) is 9.88. The summed E-state index contributed by atoms with van der Waals surface area (Å²) in [7, 11) is 3.61. The Kier molecular flexibility index (Phi) is 7.66. The fourth-order valence-electron chi connectivity index (χ4n) is 6.24. The summed E-state index contributed by atoms with van der Waals surface area (Å²) in [4.78, 5) is 37.6. The maximum atomic E-state index is 13.4. The number of benzene rings is 1. The van der Waals surface area contributed by atoms with Crippen molar-refractivity contribution in [1.82, 2.24) is 29.3 Å². The zero-order valence-corrected chi connectivity index (χ0v) is 24.0. The highest BCUT2D eigenvalue weighted by Crippen LogP contribution is 2.34. The monoisotopic (exact) mass is 557 g/mol. The molecule has 3 N–H and O–H groups in total. The third-order valence-electron chi connectivity index (χ3n) is 8.43. The summed E-state index contributed by atoms with van der Waals surface area (Å²) in [5.74, 6) is 1.44. The van der Waals surface area contributed by atoms with Crippen molar-refractivity contribution in [2.75, 3.05) is 20.2 Å². The highest BCUT2D eigenvalue weighted by atomic mass is 16.5. The number of hydrogen-bond donors (Lipinski definition) is 2. The molecular weight excluding hydrogens is 518 g/mol. The molecule has 4 aromatic rings. The van der Waals surface area contributed by atoms with Crippen LogP contribution in [0.5, 0.6) is 5.75 Å². The molecule has 0 saturated carbocycles. The molecule has 3 aromatic heterocycles. The maximum absolute atomic E-state index is 13.4. The molecule has 2 aliphatic heterocycles. The fraction of sp³-hybridized carbons (Fsp3) is 0.484. The van der Waals surface area contributed by atoms with E-state index in [0.29, 0.717) is 42.9 Å². The molecule has 0 aliphatic carbocycles. The molecule has 10 nitrogen and oxygen atoms in total. The van der Waals surface area contributed by atoms with Gasteiger partial charge in [0.15, 0.2) is 5.82 Å². The van der Waals surface area contributed by atoms with E-state index in [1.165, 1.54) is 0 Å². The molecule has 41 heavy (non-hydrogen) atoms. The number of carbonyl (C=O) groups excluding carboxylic acids is 2.